The highest BCUT2D eigenvalue weighted by atomic mass is 16.6. The molecule has 2 aromatic carbocycles. The molecule has 0 aliphatic carbocycles. The second-order valence-electron chi connectivity index (χ2n) is 5.40. The zero-order chi connectivity index (χ0) is 16.8. The van der Waals surface area contributed by atoms with Crippen molar-refractivity contribution in [1.82, 2.24) is 10.1 Å². The molecule has 0 atom stereocenters. The molecule has 6 heteroatoms. The normalized spacial score (nSPS) is 11.5. The van der Waals surface area contributed by atoms with Crippen LogP contribution in [0.15, 0.2) is 64.3 Å². The summed E-state index contributed by atoms with van der Waals surface area (Å²) in [7, 11) is 0. The molecule has 0 aliphatic heterocycles. The van der Waals surface area contributed by atoms with Crippen molar-refractivity contribution in [3.05, 3.63) is 71.6 Å². The van der Waals surface area contributed by atoms with Crippen molar-refractivity contribution in [1.29, 1.82) is 0 Å². The average Bonchev–Trinajstić information content (AvgIpc) is 3.05. The Hall–Kier alpha value is -3.15. The highest BCUT2D eigenvalue weighted by Gasteiger charge is 2.08. The summed E-state index contributed by atoms with van der Waals surface area (Å²) in [5.41, 5.74) is 8.98. The van der Waals surface area contributed by atoms with Crippen molar-refractivity contribution in [2.75, 3.05) is 0 Å². The zero-order valence-electron chi connectivity index (χ0n) is 13.3. The van der Waals surface area contributed by atoms with Gasteiger partial charge >= 0.3 is 0 Å². The number of rotatable bonds is 6. The zero-order valence-corrected chi connectivity index (χ0v) is 13.3. The fourth-order valence-corrected chi connectivity index (χ4v) is 2.14. The van der Waals surface area contributed by atoms with Crippen LogP contribution in [0.3, 0.4) is 0 Å². The second-order valence-corrected chi connectivity index (χ2v) is 5.40. The third-order valence-corrected chi connectivity index (χ3v) is 3.38. The highest BCUT2D eigenvalue weighted by Crippen LogP contribution is 2.16. The van der Waals surface area contributed by atoms with Gasteiger partial charge in [0.15, 0.2) is 6.61 Å². The molecule has 0 spiro atoms. The molecule has 0 saturated carbocycles. The number of hydrogen-bond acceptors (Lipinski definition) is 5. The molecule has 0 unspecified atom stereocenters. The summed E-state index contributed by atoms with van der Waals surface area (Å²) in [4.78, 5) is 9.47. The van der Waals surface area contributed by atoms with Crippen LogP contribution in [0, 0.1) is 6.92 Å². The van der Waals surface area contributed by atoms with Crippen LogP contribution < -0.4 is 5.73 Å². The second kappa shape index (κ2) is 7.41. The molecule has 0 bridgehead atoms. The van der Waals surface area contributed by atoms with E-state index >= 15 is 0 Å². The molecule has 24 heavy (non-hydrogen) atoms. The maximum atomic E-state index is 5.84. The van der Waals surface area contributed by atoms with Gasteiger partial charge in [0, 0.05) is 12.0 Å². The van der Waals surface area contributed by atoms with Crippen molar-refractivity contribution in [2.45, 2.75) is 20.0 Å². The van der Waals surface area contributed by atoms with Gasteiger partial charge in [0.25, 0.3) is 5.89 Å². The molecule has 0 saturated heterocycles. The minimum absolute atomic E-state index is 0.0777. The van der Waals surface area contributed by atoms with E-state index in [9.17, 15) is 0 Å². The van der Waals surface area contributed by atoms with E-state index in [1.807, 2.05) is 61.5 Å². The fraction of sp³-hybridized carbons (Fsp3) is 0.167. The number of amidine groups is 1. The minimum Gasteiger partial charge on any atom is -0.384 e. The lowest BCUT2D eigenvalue weighted by Crippen LogP contribution is -2.15. The van der Waals surface area contributed by atoms with E-state index in [2.05, 4.69) is 15.3 Å². The summed E-state index contributed by atoms with van der Waals surface area (Å²) in [6.45, 7) is 2.10. The van der Waals surface area contributed by atoms with Crippen LogP contribution in [0.5, 0.6) is 0 Å². The molecular weight excluding hydrogens is 304 g/mol. The van der Waals surface area contributed by atoms with Gasteiger partial charge in [-0.15, -0.1) is 0 Å². The molecule has 0 fully saturated rings. The number of aryl methyl sites for hydroxylation is 1. The van der Waals surface area contributed by atoms with Crippen LogP contribution in [0.1, 0.15) is 17.0 Å². The Morgan fingerprint density at radius 2 is 1.88 bits per heavy atom. The summed E-state index contributed by atoms with van der Waals surface area (Å²) in [6, 6.07) is 17.7. The average molecular weight is 322 g/mol. The van der Waals surface area contributed by atoms with Gasteiger partial charge in [0.2, 0.25) is 5.82 Å². The molecule has 2 N–H and O–H groups in total. The van der Waals surface area contributed by atoms with Crippen molar-refractivity contribution < 1.29 is 9.36 Å². The van der Waals surface area contributed by atoms with E-state index in [4.69, 9.17) is 15.1 Å². The van der Waals surface area contributed by atoms with Crippen LogP contribution in [0.2, 0.25) is 0 Å². The smallest absolute Gasteiger partial charge is 0.267 e. The lowest BCUT2D eigenvalue weighted by molar-refractivity contribution is 0.105. The highest BCUT2D eigenvalue weighted by molar-refractivity contribution is 5.82. The first-order valence-electron chi connectivity index (χ1n) is 7.58. The van der Waals surface area contributed by atoms with Crippen molar-refractivity contribution in [3.8, 4) is 11.4 Å². The monoisotopic (exact) mass is 322 g/mol. The van der Waals surface area contributed by atoms with E-state index in [0.717, 1.165) is 11.1 Å². The summed E-state index contributed by atoms with van der Waals surface area (Å²) in [5, 5.41) is 7.81. The van der Waals surface area contributed by atoms with Gasteiger partial charge in [-0.2, -0.15) is 4.98 Å². The summed E-state index contributed by atoms with van der Waals surface area (Å²) < 4.78 is 5.15. The van der Waals surface area contributed by atoms with Crippen molar-refractivity contribution >= 4 is 5.84 Å². The number of hydrogen-bond donors (Lipinski definition) is 1. The Balaban J connectivity index is 1.55. The first kappa shape index (κ1) is 15.7. The summed E-state index contributed by atoms with van der Waals surface area (Å²) >= 11 is 0. The molecule has 0 aliphatic rings. The van der Waals surface area contributed by atoms with Gasteiger partial charge < -0.3 is 15.1 Å². The Labute approximate surface area is 139 Å². The molecule has 3 rings (SSSR count). The Bertz CT molecular complexity index is 811. The third-order valence-electron chi connectivity index (χ3n) is 3.38. The first-order valence-corrected chi connectivity index (χ1v) is 7.58. The van der Waals surface area contributed by atoms with E-state index in [0.29, 0.717) is 24.0 Å². The van der Waals surface area contributed by atoms with Gasteiger partial charge in [-0.3, -0.25) is 0 Å². The van der Waals surface area contributed by atoms with Gasteiger partial charge in [-0.1, -0.05) is 70.5 Å². The minimum atomic E-state index is 0.0777. The van der Waals surface area contributed by atoms with E-state index in [-0.39, 0.29) is 6.61 Å². The van der Waals surface area contributed by atoms with Crippen molar-refractivity contribution in [3.63, 3.8) is 0 Å². The van der Waals surface area contributed by atoms with Gasteiger partial charge in [0.05, 0.1) is 0 Å². The molecule has 1 aromatic heterocycles. The maximum absolute atomic E-state index is 5.84. The lowest BCUT2D eigenvalue weighted by atomic mass is 10.1. The Morgan fingerprint density at radius 1 is 1.12 bits per heavy atom. The van der Waals surface area contributed by atoms with Crippen LogP contribution >= 0.6 is 0 Å². The van der Waals surface area contributed by atoms with Crippen LogP contribution in [-0.2, 0) is 17.9 Å². The molecule has 3 aromatic rings. The molecule has 6 nitrogen and oxygen atoms in total. The van der Waals surface area contributed by atoms with Crippen LogP contribution in [-0.4, -0.2) is 16.0 Å². The topological polar surface area (TPSA) is 86.5 Å². The Kier molecular flexibility index (Phi) is 4.86. The number of benzene rings is 2. The molecule has 0 amide bonds. The molecular formula is C18H18N4O2. The maximum Gasteiger partial charge on any atom is 0.267 e. The van der Waals surface area contributed by atoms with E-state index in [1.54, 1.807) is 0 Å². The molecule has 1 heterocycles. The van der Waals surface area contributed by atoms with E-state index in [1.165, 1.54) is 5.56 Å². The van der Waals surface area contributed by atoms with E-state index < -0.39 is 0 Å². The predicted octanol–water partition coefficient (Wildman–Crippen LogP) is 3.08. The summed E-state index contributed by atoms with van der Waals surface area (Å²) in [6.07, 6.45) is 0.527. The third kappa shape index (κ3) is 4.19. The van der Waals surface area contributed by atoms with Crippen LogP contribution in [0.25, 0.3) is 11.4 Å². The standard InChI is InChI=1S/C18H18N4O2/c1-13-7-9-15(10-8-13)18-20-17(24-22-18)12-23-21-16(19)11-14-5-3-2-4-6-14/h2-10H,11-12H2,1H3,(H2,19,21). The van der Waals surface area contributed by atoms with Gasteiger partial charge in [-0.05, 0) is 12.5 Å². The van der Waals surface area contributed by atoms with Crippen molar-refractivity contribution in [2.24, 2.45) is 10.9 Å². The predicted molar refractivity (Wildman–Crippen MR) is 91.0 cm³/mol. The quantitative estimate of drug-likeness (QED) is 0.428. The Morgan fingerprint density at radius 3 is 2.62 bits per heavy atom. The number of nitrogens with two attached hydrogens (primary N) is 1. The summed E-state index contributed by atoms with van der Waals surface area (Å²) in [5.74, 6) is 1.26. The van der Waals surface area contributed by atoms with Gasteiger partial charge in [0.1, 0.15) is 5.84 Å². The molecule has 0 radical (unpaired) electrons. The number of oxime groups is 1. The fourth-order valence-electron chi connectivity index (χ4n) is 2.14. The number of aromatic nitrogens is 2. The van der Waals surface area contributed by atoms with Crippen LogP contribution in [0.4, 0.5) is 0 Å². The van der Waals surface area contributed by atoms with Gasteiger partial charge in [-0.25, -0.2) is 0 Å². The number of nitrogens with zero attached hydrogens (tertiary/aromatic N) is 3. The SMILES string of the molecule is Cc1ccc(-c2noc(CO/N=C(\N)Cc3ccccc3)n2)cc1. The first-order chi connectivity index (χ1) is 11.7. The largest absolute Gasteiger partial charge is 0.384 e. The molecule has 122 valence electrons. The lowest BCUT2D eigenvalue weighted by Gasteiger charge is -2.00.